The summed E-state index contributed by atoms with van der Waals surface area (Å²) < 4.78 is 9.96. The molecular weight excluding hydrogens is 394 g/mol. The van der Waals surface area contributed by atoms with Gasteiger partial charge in [0.2, 0.25) is 5.88 Å². The fraction of sp³-hybridized carbons (Fsp3) is 0.381. The van der Waals surface area contributed by atoms with Crippen LogP contribution in [0.3, 0.4) is 0 Å². The SMILES string of the molecule is CC1CCOc2c(cnn2C)-c2nccc(n2)Nc2cc3c(cn2)c(N2CCC2)nn31. The summed E-state index contributed by atoms with van der Waals surface area (Å²) in [6.07, 6.45) is 7.37. The molecule has 10 nitrogen and oxygen atoms in total. The first-order valence-electron chi connectivity index (χ1n) is 10.6. The van der Waals surface area contributed by atoms with Crippen LogP contribution in [0.5, 0.6) is 5.88 Å². The first kappa shape index (κ1) is 18.1. The van der Waals surface area contributed by atoms with E-state index >= 15 is 0 Å². The smallest absolute Gasteiger partial charge is 0.222 e. The predicted molar refractivity (Wildman–Crippen MR) is 117 cm³/mol. The minimum Gasteiger partial charge on any atom is -0.477 e. The van der Waals surface area contributed by atoms with Crippen LogP contribution in [0.25, 0.3) is 22.3 Å². The number of anilines is 3. The van der Waals surface area contributed by atoms with Crippen LogP contribution in [0.15, 0.2) is 30.7 Å². The molecule has 6 rings (SSSR count). The molecule has 10 heteroatoms. The van der Waals surface area contributed by atoms with Crippen LogP contribution in [0.2, 0.25) is 0 Å². The van der Waals surface area contributed by atoms with Gasteiger partial charge < -0.3 is 15.0 Å². The van der Waals surface area contributed by atoms with Crippen molar-refractivity contribution >= 4 is 28.4 Å². The van der Waals surface area contributed by atoms with Gasteiger partial charge in [-0.05, 0) is 19.4 Å². The average Bonchev–Trinajstić information content (AvgIpc) is 3.27. The number of nitrogens with zero attached hydrogens (tertiary/aromatic N) is 8. The first-order chi connectivity index (χ1) is 15.2. The molecule has 0 aromatic carbocycles. The Morgan fingerprint density at radius 3 is 2.90 bits per heavy atom. The molecule has 4 bridgehead atoms. The van der Waals surface area contributed by atoms with Crippen LogP contribution in [0.4, 0.5) is 17.5 Å². The molecule has 0 radical (unpaired) electrons. The summed E-state index contributed by atoms with van der Waals surface area (Å²) in [5.74, 6) is 3.61. The monoisotopic (exact) mass is 417 g/mol. The number of ether oxygens (including phenoxy) is 1. The van der Waals surface area contributed by atoms with E-state index in [4.69, 9.17) is 9.84 Å². The predicted octanol–water partition coefficient (Wildman–Crippen LogP) is 2.92. The van der Waals surface area contributed by atoms with Gasteiger partial charge in [0.25, 0.3) is 0 Å². The van der Waals surface area contributed by atoms with Gasteiger partial charge in [0.1, 0.15) is 17.2 Å². The molecule has 1 fully saturated rings. The third-order valence-corrected chi connectivity index (χ3v) is 5.96. The van der Waals surface area contributed by atoms with E-state index < -0.39 is 0 Å². The van der Waals surface area contributed by atoms with Gasteiger partial charge in [-0.1, -0.05) is 0 Å². The molecule has 1 atom stereocenters. The molecule has 4 aromatic heterocycles. The molecule has 1 N–H and O–H groups in total. The van der Waals surface area contributed by atoms with E-state index in [9.17, 15) is 0 Å². The number of rotatable bonds is 1. The largest absolute Gasteiger partial charge is 0.477 e. The Morgan fingerprint density at radius 1 is 1.16 bits per heavy atom. The maximum atomic E-state index is 6.14. The number of aromatic nitrogens is 7. The molecule has 6 heterocycles. The van der Waals surface area contributed by atoms with Crippen molar-refractivity contribution in [1.82, 2.24) is 34.5 Å². The lowest BCUT2D eigenvalue weighted by atomic mass is 10.2. The fourth-order valence-electron chi connectivity index (χ4n) is 4.07. The van der Waals surface area contributed by atoms with Crippen molar-refractivity contribution in [2.75, 3.05) is 29.9 Å². The normalized spacial score (nSPS) is 18.1. The van der Waals surface area contributed by atoms with Gasteiger partial charge in [0.15, 0.2) is 11.6 Å². The van der Waals surface area contributed by atoms with Crippen LogP contribution in [-0.2, 0) is 7.05 Å². The second-order valence-corrected chi connectivity index (χ2v) is 8.06. The Balaban J connectivity index is 1.49. The quantitative estimate of drug-likeness (QED) is 0.505. The third-order valence-electron chi connectivity index (χ3n) is 5.96. The minimum absolute atomic E-state index is 0.154. The Kier molecular flexibility index (Phi) is 4.05. The number of fused-ring (bicyclic) bond motifs is 5. The summed E-state index contributed by atoms with van der Waals surface area (Å²) in [7, 11) is 1.86. The number of aryl methyl sites for hydroxylation is 1. The zero-order valence-electron chi connectivity index (χ0n) is 17.5. The second kappa shape index (κ2) is 6.93. The van der Waals surface area contributed by atoms with E-state index in [2.05, 4.69) is 41.9 Å². The summed E-state index contributed by atoms with van der Waals surface area (Å²) in [6, 6.07) is 4.02. The van der Waals surface area contributed by atoms with E-state index in [1.165, 1.54) is 6.42 Å². The van der Waals surface area contributed by atoms with Gasteiger partial charge in [0, 0.05) is 45.0 Å². The lowest BCUT2D eigenvalue weighted by molar-refractivity contribution is 0.260. The molecule has 158 valence electrons. The summed E-state index contributed by atoms with van der Waals surface area (Å²) >= 11 is 0. The maximum Gasteiger partial charge on any atom is 0.222 e. The molecule has 0 spiro atoms. The van der Waals surface area contributed by atoms with Gasteiger partial charge in [0.05, 0.1) is 29.7 Å². The molecule has 4 aromatic rings. The van der Waals surface area contributed by atoms with Crippen molar-refractivity contribution in [3.05, 3.63) is 30.7 Å². The van der Waals surface area contributed by atoms with Crippen molar-refractivity contribution in [3.63, 3.8) is 0 Å². The van der Waals surface area contributed by atoms with E-state index in [1.807, 2.05) is 25.4 Å². The number of hydrogen-bond donors (Lipinski definition) is 1. The molecule has 0 amide bonds. The number of nitrogens with one attached hydrogen (secondary N) is 1. The summed E-state index contributed by atoms with van der Waals surface area (Å²) in [5, 5.41) is 13.7. The molecule has 1 saturated heterocycles. The molecule has 0 aliphatic carbocycles. The van der Waals surface area contributed by atoms with Crippen LogP contribution in [0.1, 0.15) is 25.8 Å². The van der Waals surface area contributed by atoms with Crippen molar-refractivity contribution in [1.29, 1.82) is 0 Å². The van der Waals surface area contributed by atoms with Gasteiger partial charge in [-0.3, -0.25) is 4.68 Å². The van der Waals surface area contributed by atoms with Gasteiger partial charge in [-0.15, -0.1) is 0 Å². The van der Waals surface area contributed by atoms with Gasteiger partial charge in [-0.2, -0.15) is 10.2 Å². The van der Waals surface area contributed by atoms with Crippen LogP contribution in [-0.4, -0.2) is 54.2 Å². The van der Waals surface area contributed by atoms with E-state index in [1.54, 1.807) is 17.1 Å². The van der Waals surface area contributed by atoms with E-state index in [0.717, 1.165) is 47.6 Å². The molecule has 1 unspecified atom stereocenters. The maximum absolute atomic E-state index is 6.14. The Morgan fingerprint density at radius 2 is 2.06 bits per heavy atom. The topological polar surface area (TPSA) is 98.8 Å². The van der Waals surface area contributed by atoms with Crippen LogP contribution < -0.4 is 15.0 Å². The number of pyridine rings is 1. The summed E-state index contributed by atoms with van der Waals surface area (Å²) in [6.45, 7) is 4.78. The highest BCUT2D eigenvalue weighted by Crippen LogP contribution is 2.34. The highest BCUT2D eigenvalue weighted by molar-refractivity contribution is 5.92. The first-order valence-corrected chi connectivity index (χ1v) is 10.6. The average molecular weight is 417 g/mol. The second-order valence-electron chi connectivity index (χ2n) is 8.06. The van der Waals surface area contributed by atoms with Crippen molar-refractivity contribution in [3.8, 4) is 17.3 Å². The fourth-order valence-corrected chi connectivity index (χ4v) is 4.07. The zero-order chi connectivity index (χ0) is 20.9. The lowest BCUT2D eigenvalue weighted by Crippen LogP contribution is -2.37. The Bertz CT molecular complexity index is 1270. The lowest BCUT2D eigenvalue weighted by Gasteiger charge is -2.31. The highest BCUT2D eigenvalue weighted by atomic mass is 16.5. The van der Waals surface area contributed by atoms with E-state index in [0.29, 0.717) is 24.1 Å². The van der Waals surface area contributed by atoms with E-state index in [-0.39, 0.29) is 6.04 Å². The van der Waals surface area contributed by atoms with Crippen LogP contribution in [0, 0.1) is 0 Å². The summed E-state index contributed by atoms with van der Waals surface area (Å²) in [5.41, 5.74) is 1.82. The third kappa shape index (κ3) is 2.97. The van der Waals surface area contributed by atoms with Gasteiger partial charge >= 0.3 is 0 Å². The molecule has 0 saturated carbocycles. The van der Waals surface area contributed by atoms with Crippen LogP contribution >= 0.6 is 0 Å². The number of hydrogen-bond acceptors (Lipinski definition) is 8. The standard InChI is InChI=1S/C21H23N9O/c1-13-5-9-31-21-15(12-24-28(21)2)19-22-6-4-17(26-19)25-18-10-16-14(11-23-18)20(27-30(13)16)29-7-3-8-29/h4,6,10-13H,3,5,7-9H2,1-2H3,(H,22,23,25,26). The van der Waals surface area contributed by atoms with Gasteiger partial charge in [-0.25, -0.2) is 19.6 Å². The summed E-state index contributed by atoms with van der Waals surface area (Å²) in [4.78, 5) is 16.0. The Labute approximate surface area is 178 Å². The molecule has 2 aliphatic rings. The highest BCUT2D eigenvalue weighted by Gasteiger charge is 2.24. The zero-order valence-corrected chi connectivity index (χ0v) is 17.5. The molecule has 31 heavy (non-hydrogen) atoms. The molecule has 2 aliphatic heterocycles. The molecular formula is C21H23N9O. The minimum atomic E-state index is 0.154. The Hall–Kier alpha value is -3.69. The van der Waals surface area contributed by atoms with Crippen molar-refractivity contribution < 1.29 is 4.74 Å². The van der Waals surface area contributed by atoms with Crippen molar-refractivity contribution in [2.45, 2.75) is 25.8 Å². The van der Waals surface area contributed by atoms with Crippen molar-refractivity contribution in [2.24, 2.45) is 7.05 Å².